The maximum Gasteiger partial charge on any atom is 0.323 e. The molecule has 6 nitrogen and oxygen atoms in total. The molecule has 0 fully saturated rings. The van der Waals surface area contributed by atoms with Gasteiger partial charge in [-0.05, 0) is 26.0 Å². The number of aryl methyl sites for hydroxylation is 1. The van der Waals surface area contributed by atoms with Gasteiger partial charge in [0.25, 0.3) is 0 Å². The summed E-state index contributed by atoms with van der Waals surface area (Å²) in [7, 11) is 1.42. The van der Waals surface area contributed by atoms with Gasteiger partial charge in [0, 0.05) is 7.05 Å². The van der Waals surface area contributed by atoms with Crippen molar-refractivity contribution in [3.63, 3.8) is 0 Å². The van der Waals surface area contributed by atoms with Crippen molar-refractivity contribution >= 4 is 12.0 Å². The van der Waals surface area contributed by atoms with Gasteiger partial charge in [0.15, 0.2) is 0 Å². The molecule has 1 atom stereocenters. The van der Waals surface area contributed by atoms with Crippen LogP contribution in [0.25, 0.3) is 0 Å². The highest BCUT2D eigenvalue weighted by molar-refractivity contribution is 5.79. The topological polar surface area (TPSA) is 82.8 Å². The van der Waals surface area contributed by atoms with Gasteiger partial charge in [-0.1, -0.05) is 0 Å². The molecule has 0 bridgehead atoms. The number of carbonyl (C=O) groups excluding carboxylic acids is 1. The van der Waals surface area contributed by atoms with Gasteiger partial charge in [0.1, 0.15) is 18.1 Å². The first-order chi connectivity index (χ1) is 7.90. The number of amides is 2. The Morgan fingerprint density at radius 2 is 2.18 bits per heavy atom. The summed E-state index contributed by atoms with van der Waals surface area (Å²) < 4.78 is 5.36. The molecule has 0 aliphatic heterocycles. The number of carbonyl (C=O) groups is 2. The number of rotatable bonds is 4. The van der Waals surface area contributed by atoms with E-state index >= 15 is 0 Å². The zero-order valence-electron chi connectivity index (χ0n) is 10.1. The van der Waals surface area contributed by atoms with Crippen LogP contribution in [-0.2, 0) is 4.79 Å². The predicted molar refractivity (Wildman–Crippen MR) is 60.7 cm³/mol. The minimum Gasteiger partial charge on any atom is -0.480 e. The van der Waals surface area contributed by atoms with Crippen molar-refractivity contribution in [1.29, 1.82) is 0 Å². The number of hydrogen-bond donors (Lipinski definition) is 2. The van der Waals surface area contributed by atoms with Crippen LogP contribution in [0.3, 0.4) is 0 Å². The van der Waals surface area contributed by atoms with Crippen molar-refractivity contribution < 1.29 is 19.1 Å². The average Bonchev–Trinajstić information content (AvgIpc) is 2.63. The van der Waals surface area contributed by atoms with Crippen LogP contribution in [0.4, 0.5) is 4.79 Å². The number of carboxylic acids is 1. The monoisotopic (exact) mass is 240 g/mol. The van der Waals surface area contributed by atoms with Crippen LogP contribution in [0.2, 0.25) is 0 Å². The molecule has 0 aliphatic rings. The number of nitrogens with one attached hydrogen (secondary N) is 1. The fourth-order valence-corrected chi connectivity index (χ4v) is 1.33. The van der Waals surface area contributed by atoms with Gasteiger partial charge in [-0.3, -0.25) is 4.79 Å². The van der Waals surface area contributed by atoms with Crippen LogP contribution < -0.4 is 5.32 Å². The Hall–Kier alpha value is -1.98. The molecule has 0 aliphatic carbocycles. The molecule has 1 aromatic heterocycles. The molecule has 1 rings (SSSR count). The Balaban J connectivity index is 2.53. The number of furan rings is 1. The zero-order chi connectivity index (χ0) is 13.0. The van der Waals surface area contributed by atoms with E-state index in [2.05, 4.69) is 5.32 Å². The molecule has 0 saturated heterocycles. The highest BCUT2D eigenvalue weighted by Gasteiger charge is 2.16. The molecule has 2 amide bonds. The fraction of sp³-hybridized carbons (Fsp3) is 0.455. The third-order valence-corrected chi connectivity index (χ3v) is 2.25. The SMILES string of the molecule is Cc1ccc(C(C)NC(=O)N(C)CC(=O)O)o1. The van der Waals surface area contributed by atoms with E-state index in [1.807, 2.05) is 6.92 Å². The van der Waals surface area contributed by atoms with Crippen LogP contribution in [0.5, 0.6) is 0 Å². The molecule has 0 aromatic carbocycles. The summed E-state index contributed by atoms with van der Waals surface area (Å²) in [5.41, 5.74) is 0. The molecule has 0 saturated carbocycles. The summed E-state index contributed by atoms with van der Waals surface area (Å²) in [6, 6.07) is 2.83. The highest BCUT2D eigenvalue weighted by atomic mass is 16.4. The predicted octanol–water partition coefficient (Wildman–Crippen LogP) is 1.38. The summed E-state index contributed by atoms with van der Waals surface area (Å²) in [6.45, 7) is 3.25. The second-order valence-electron chi connectivity index (χ2n) is 3.87. The Morgan fingerprint density at radius 1 is 1.53 bits per heavy atom. The van der Waals surface area contributed by atoms with E-state index in [0.29, 0.717) is 5.76 Å². The third kappa shape index (κ3) is 3.82. The van der Waals surface area contributed by atoms with E-state index in [4.69, 9.17) is 9.52 Å². The van der Waals surface area contributed by atoms with Crippen molar-refractivity contribution in [1.82, 2.24) is 10.2 Å². The summed E-state index contributed by atoms with van der Waals surface area (Å²) >= 11 is 0. The first-order valence-corrected chi connectivity index (χ1v) is 5.20. The van der Waals surface area contributed by atoms with Gasteiger partial charge >= 0.3 is 12.0 Å². The Bertz CT molecular complexity index is 413. The number of carboxylic acid groups (broad SMARTS) is 1. The van der Waals surface area contributed by atoms with Crippen LogP contribution in [0, 0.1) is 6.92 Å². The van der Waals surface area contributed by atoms with Crippen molar-refractivity contribution in [2.75, 3.05) is 13.6 Å². The van der Waals surface area contributed by atoms with Crippen molar-refractivity contribution in [2.45, 2.75) is 19.9 Å². The number of likely N-dealkylation sites (N-methyl/N-ethyl adjacent to an activating group) is 1. The van der Waals surface area contributed by atoms with Crippen molar-refractivity contribution in [3.8, 4) is 0 Å². The maximum atomic E-state index is 11.6. The van der Waals surface area contributed by atoms with E-state index in [-0.39, 0.29) is 12.6 Å². The molecular weight excluding hydrogens is 224 g/mol. The molecule has 17 heavy (non-hydrogen) atoms. The second kappa shape index (κ2) is 5.38. The van der Waals surface area contributed by atoms with Gasteiger partial charge in [-0.25, -0.2) is 4.79 Å². The van der Waals surface area contributed by atoms with E-state index < -0.39 is 12.0 Å². The van der Waals surface area contributed by atoms with Crippen LogP contribution in [0.15, 0.2) is 16.5 Å². The minimum atomic E-state index is -1.05. The maximum absolute atomic E-state index is 11.6. The average molecular weight is 240 g/mol. The lowest BCUT2D eigenvalue weighted by Gasteiger charge is -2.18. The molecule has 0 spiro atoms. The Kier molecular flexibility index (Phi) is 4.14. The van der Waals surface area contributed by atoms with Crippen LogP contribution >= 0.6 is 0 Å². The molecular formula is C11H16N2O4. The van der Waals surface area contributed by atoms with E-state index in [1.165, 1.54) is 7.05 Å². The first kappa shape index (κ1) is 13.1. The van der Waals surface area contributed by atoms with Crippen molar-refractivity contribution in [3.05, 3.63) is 23.7 Å². The lowest BCUT2D eigenvalue weighted by Crippen LogP contribution is -2.41. The molecule has 1 aromatic rings. The van der Waals surface area contributed by atoms with Gasteiger partial charge in [-0.2, -0.15) is 0 Å². The normalized spacial score (nSPS) is 11.9. The second-order valence-corrected chi connectivity index (χ2v) is 3.87. The summed E-state index contributed by atoms with van der Waals surface area (Å²) in [6.07, 6.45) is 0. The Labute approximate surface area is 99.2 Å². The quantitative estimate of drug-likeness (QED) is 0.832. The van der Waals surface area contributed by atoms with Gasteiger partial charge < -0.3 is 19.7 Å². The summed E-state index contributed by atoms with van der Waals surface area (Å²) in [5, 5.41) is 11.2. The first-order valence-electron chi connectivity index (χ1n) is 5.20. The van der Waals surface area contributed by atoms with Gasteiger partial charge in [0.05, 0.1) is 6.04 Å². The van der Waals surface area contributed by atoms with Gasteiger partial charge in [-0.15, -0.1) is 0 Å². The fourth-order valence-electron chi connectivity index (χ4n) is 1.33. The molecule has 6 heteroatoms. The molecule has 1 heterocycles. The smallest absolute Gasteiger partial charge is 0.323 e. The lowest BCUT2D eigenvalue weighted by molar-refractivity contribution is -0.137. The number of urea groups is 1. The molecule has 94 valence electrons. The third-order valence-electron chi connectivity index (χ3n) is 2.25. The van der Waals surface area contributed by atoms with E-state index in [9.17, 15) is 9.59 Å². The number of aliphatic carboxylic acids is 1. The van der Waals surface area contributed by atoms with E-state index in [1.54, 1.807) is 19.1 Å². The lowest BCUT2D eigenvalue weighted by atomic mass is 10.2. The molecule has 2 N–H and O–H groups in total. The standard InChI is InChI=1S/C11H16N2O4/c1-7-4-5-9(17-7)8(2)12-11(16)13(3)6-10(14)15/h4-5,8H,6H2,1-3H3,(H,12,16)(H,14,15). The largest absolute Gasteiger partial charge is 0.480 e. The van der Waals surface area contributed by atoms with Gasteiger partial charge in [0.2, 0.25) is 0 Å². The van der Waals surface area contributed by atoms with Crippen LogP contribution in [-0.4, -0.2) is 35.6 Å². The number of nitrogens with zero attached hydrogens (tertiary/aromatic N) is 1. The van der Waals surface area contributed by atoms with Crippen LogP contribution in [0.1, 0.15) is 24.5 Å². The molecule has 1 unspecified atom stereocenters. The Morgan fingerprint density at radius 3 is 2.65 bits per heavy atom. The van der Waals surface area contributed by atoms with E-state index in [0.717, 1.165) is 10.7 Å². The number of hydrogen-bond acceptors (Lipinski definition) is 3. The molecule has 0 radical (unpaired) electrons. The summed E-state index contributed by atoms with van der Waals surface area (Å²) in [4.78, 5) is 23.1. The zero-order valence-corrected chi connectivity index (χ0v) is 10.1. The summed E-state index contributed by atoms with van der Waals surface area (Å²) in [5.74, 6) is 0.351. The minimum absolute atomic E-state index is 0.299. The van der Waals surface area contributed by atoms with Crippen molar-refractivity contribution in [2.24, 2.45) is 0 Å². The highest BCUT2D eigenvalue weighted by Crippen LogP contribution is 2.15.